The van der Waals surface area contributed by atoms with Crippen LogP contribution in [0.2, 0.25) is 0 Å². The summed E-state index contributed by atoms with van der Waals surface area (Å²) in [6, 6.07) is 10.1. The van der Waals surface area contributed by atoms with E-state index in [0.29, 0.717) is 19.6 Å². The summed E-state index contributed by atoms with van der Waals surface area (Å²) in [7, 11) is 1.91. The van der Waals surface area contributed by atoms with Crippen LogP contribution in [0.3, 0.4) is 0 Å². The molecule has 1 fully saturated rings. The van der Waals surface area contributed by atoms with E-state index in [-0.39, 0.29) is 30.0 Å². The van der Waals surface area contributed by atoms with Gasteiger partial charge >= 0.3 is 0 Å². The second kappa shape index (κ2) is 8.51. The summed E-state index contributed by atoms with van der Waals surface area (Å²) >= 11 is 0. The van der Waals surface area contributed by atoms with Crippen molar-refractivity contribution in [2.45, 2.75) is 38.3 Å². The van der Waals surface area contributed by atoms with Crippen molar-refractivity contribution in [1.82, 2.24) is 10.2 Å². The van der Waals surface area contributed by atoms with E-state index in [9.17, 15) is 4.79 Å². The average molecular weight is 327 g/mol. The summed E-state index contributed by atoms with van der Waals surface area (Å²) in [6.07, 6.45) is 1.44. The van der Waals surface area contributed by atoms with Crippen molar-refractivity contribution in [3.8, 4) is 0 Å². The topological polar surface area (TPSA) is 41.6 Å². The van der Waals surface area contributed by atoms with Crippen LogP contribution in [0.1, 0.15) is 38.4 Å². The fourth-order valence-electron chi connectivity index (χ4n) is 2.71. The van der Waals surface area contributed by atoms with Crippen molar-refractivity contribution < 1.29 is 9.53 Å². The predicted octanol–water partition coefficient (Wildman–Crippen LogP) is 2.79. The van der Waals surface area contributed by atoms with Gasteiger partial charge in [-0.3, -0.25) is 4.79 Å². The van der Waals surface area contributed by atoms with Gasteiger partial charge in [0.1, 0.15) is 6.10 Å². The Bertz CT molecular complexity index is 465. The number of halogens is 1. The van der Waals surface area contributed by atoms with Crippen LogP contribution in [-0.4, -0.2) is 43.1 Å². The van der Waals surface area contributed by atoms with Gasteiger partial charge in [0.15, 0.2) is 0 Å². The summed E-state index contributed by atoms with van der Waals surface area (Å²) in [5.41, 5.74) is 0.906. The number of nitrogens with zero attached hydrogens (tertiary/aromatic N) is 1. The number of hydrogen-bond acceptors (Lipinski definition) is 3. The standard InChI is InChI=1S/C17H26N2O2.ClH/c1-17(2)13-21-15(14-8-5-4-6-9-14)12-19(17)16(20)10-7-11-18-3;/h4-6,8-9,15,18H,7,10-13H2,1-3H3;1H. The van der Waals surface area contributed by atoms with E-state index in [4.69, 9.17) is 4.74 Å². The molecule has 22 heavy (non-hydrogen) atoms. The molecule has 0 bridgehead atoms. The molecule has 1 N–H and O–H groups in total. The molecule has 1 saturated heterocycles. The molecule has 0 radical (unpaired) electrons. The Balaban J connectivity index is 0.00000242. The Morgan fingerprint density at radius 2 is 2.05 bits per heavy atom. The molecule has 0 aromatic heterocycles. The summed E-state index contributed by atoms with van der Waals surface area (Å²) in [6.45, 7) is 6.23. The molecule has 0 saturated carbocycles. The van der Waals surface area contributed by atoms with Gasteiger partial charge in [0.25, 0.3) is 0 Å². The number of benzene rings is 1. The van der Waals surface area contributed by atoms with Crippen molar-refractivity contribution in [2.24, 2.45) is 0 Å². The first-order chi connectivity index (χ1) is 10.0. The molecule has 1 aliphatic heterocycles. The highest BCUT2D eigenvalue weighted by Gasteiger charge is 2.38. The second-order valence-corrected chi connectivity index (χ2v) is 6.23. The van der Waals surface area contributed by atoms with E-state index in [1.165, 1.54) is 0 Å². The van der Waals surface area contributed by atoms with Gasteiger partial charge < -0.3 is 15.0 Å². The van der Waals surface area contributed by atoms with Gasteiger partial charge in [-0.1, -0.05) is 30.3 Å². The van der Waals surface area contributed by atoms with E-state index in [1.807, 2.05) is 30.1 Å². The Hall–Kier alpha value is -1.10. The molecule has 2 rings (SSSR count). The van der Waals surface area contributed by atoms with Gasteiger partial charge in [-0.05, 0) is 39.4 Å². The second-order valence-electron chi connectivity index (χ2n) is 6.23. The number of morpholine rings is 1. The van der Waals surface area contributed by atoms with Crippen LogP contribution in [0.5, 0.6) is 0 Å². The van der Waals surface area contributed by atoms with Gasteiger partial charge in [0.2, 0.25) is 5.91 Å². The Kier molecular flexibility index (Phi) is 7.33. The molecule has 1 heterocycles. The molecule has 4 nitrogen and oxygen atoms in total. The molecular weight excluding hydrogens is 300 g/mol. The van der Waals surface area contributed by atoms with Crippen LogP contribution in [0, 0.1) is 0 Å². The lowest BCUT2D eigenvalue weighted by atomic mass is 9.97. The number of amides is 1. The number of ether oxygens (including phenoxy) is 1. The Morgan fingerprint density at radius 3 is 2.68 bits per heavy atom. The van der Waals surface area contributed by atoms with Crippen LogP contribution >= 0.6 is 12.4 Å². The number of nitrogens with one attached hydrogen (secondary N) is 1. The molecule has 1 atom stereocenters. The lowest BCUT2D eigenvalue weighted by Gasteiger charge is -2.45. The zero-order valence-electron chi connectivity index (χ0n) is 13.7. The minimum absolute atomic E-state index is 0. The number of hydrogen-bond donors (Lipinski definition) is 1. The zero-order chi connectivity index (χ0) is 15.3. The van der Waals surface area contributed by atoms with Gasteiger partial charge in [-0.2, -0.15) is 0 Å². The van der Waals surface area contributed by atoms with Crippen molar-refractivity contribution in [2.75, 3.05) is 26.7 Å². The van der Waals surface area contributed by atoms with E-state index < -0.39 is 0 Å². The molecule has 1 aliphatic rings. The minimum atomic E-state index is -0.234. The maximum Gasteiger partial charge on any atom is 0.223 e. The average Bonchev–Trinajstić information content (AvgIpc) is 2.48. The highest BCUT2D eigenvalue weighted by molar-refractivity contribution is 5.85. The van der Waals surface area contributed by atoms with Gasteiger partial charge in [0, 0.05) is 6.42 Å². The fourth-order valence-corrected chi connectivity index (χ4v) is 2.71. The summed E-state index contributed by atoms with van der Waals surface area (Å²) in [5, 5.41) is 3.09. The zero-order valence-corrected chi connectivity index (χ0v) is 14.5. The molecule has 124 valence electrons. The van der Waals surface area contributed by atoms with Crippen LogP contribution in [0.25, 0.3) is 0 Å². The predicted molar refractivity (Wildman–Crippen MR) is 91.3 cm³/mol. The Labute approximate surface area is 139 Å². The summed E-state index contributed by atoms with van der Waals surface area (Å²) in [4.78, 5) is 14.5. The molecule has 1 aromatic rings. The summed E-state index contributed by atoms with van der Waals surface area (Å²) in [5.74, 6) is 0.222. The Morgan fingerprint density at radius 1 is 1.36 bits per heavy atom. The number of carbonyl (C=O) groups excluding carboxylic acids is 1. The SMILES string of the molecule is CNCCCC(=O)N1CC(c2ccccc2)OCC1(C)C.Cl. The maximum absolute atomic E-state index is 12.5. The molecule has 0 aliphatic carbocycles. The third kappa shape index (κ3) is 4.70. The normalized spacial score (nSPS) is 20.3. The lowest BCUT2D eigenvalue weighted by Crippen LogP contribution is -2.56. The van der Waals surface area contributed by atoms with Crippen LogP contribution in [-0.2, 0) is 9.53 Å². The van der Waals surface area contributed by atoms with Crippen LogP contribution in [0.4, 0.5) is 0 Å². The van der Waals surface area contributed by atoms with Gasteiger partial charge in [0.05, 0.1) is 18.7 Å². The smallest absolute Gasteiger partial charge is 0.223 e. The molecule has 1 unspecified atom stereocenters. The lowest BCUT2D eigenvalue weighted by molar-refractivity contribution is -0.155. The third-order valence-corrected chi connectivity index (χ3v) is 4.01. The molecule has 1 aromatic carbocycles. The number of carbonyl (C=O) groups is 1. The van der Waals surface area contributed by atoms with Gasteiger partial charge in [-0.15, -0.1) is 12.4 Å². The van der Waals surface area contributed by atoms with E-state index >= 15 is 0 Å². The highest BCUT2D eigenvalue weighted by atomic mass is 35.5. The monoisotopic (exact) mass is 326 g/mol. The van der Waals surface area contributed by atoms with E-state index in [0.717, 1.165) is 18.5 Å². The largest absolute Gasteiger partial charge is 0.369 e. The first kappa shape index (κ1) is 18.9. The fraction of sp³-hybridized carbons (Fsp3) is 0.588. The highest BCUT2D eigenvalue weighted by Crippen LogP contribution is 2.30. The first-order valence-corrected chi connectivity index (χ1v) is 7.66. The molecular formula is C17H27ClN2O2. The van der Waals surface area contributed by atoms with Crippen LogP contribution < -0.4 is 5.32 Å². The summed E-state index contributed by atoms with van der Waals surface area (Å²) < 4.78 is 5.98. The minimum Gasteiger partial charge on any atom is -0.369 e. The maximum atomic E-state index is 12.5. The van der Waals surface area contributed by atoms with Crippen molar-refractivity contribution in [3.05, 3.63) is 35.9 Å². The van der Waals surface area contributed by atoms with Gasteiger partial charge in [-0.25, -0.2) is 0 Å². The van der Waals surface area contributed by atoms with Crippen molar-refractivity contribution >= 4 is 18.3 Å². The van der Waals surface area contributed by atoms with E-state index in [2.05, 4.69) is 31.3 Å². The third-order valence-electron chi connectivity index (χ3n) is 4.01. The molecule has 1 amide bonds. The molecule has 5 heteroatoms. The van der Waals surface area contributed by atoms with E-state index in [1.54, 1.807) is 0 Å². The quantitative estimate of drug-likeness (QED) is 0.846. The van der Waals surface area contributed by atoms with Crippen molar-refractivity contribution in [1.29, 1.82) is 0 Å². The molecule has 0 spiro atoms. The number of rotatable bonds is 5. The van der Waals surface area contributed by atoms with Crippen molar-refractivity contribution in [3.63, 3.8) is 0 Å². The first-order valence-electron chi connectivity index (χ1n) is 7.66. The van der Waals surface area contributed by atoms with Crippen LogP contribution in [0.15, 0.2) is 30.3 Å².